The molecule has 0 aliphatic heterocycles. The van der Waals surface area contributed by atoms with Crippen LogP contribution in [0.1, 0.15) is 22.8 Å². The number of carbonyl (C=O) groups excluding carboxylic acids is 1. The quantitative estimate of drug-likeness (QED) is 0.800. The first-order valence-corrected chi connectivity index (χ1v) is 6.50. The zero-order valence-corrected chi connectivity index (χ0v) is 11.7. The standard InChI is InChI=1S/C15H15ClN2O/c1-3-18(13-7-5-4-6-11(13)2)15(19)12-8-9-14(16)17-10-12/h4-10H,3H2,1-2H3. The fraction of sp³-hybridized carbons (Fsp3) is 0.200. The average Bonchev–Trinajstić information content (AvgIpc) is 2.42. The van der Waals surface area contributed by atoms with Crippen molar-refractivity contribution in [2.75, 3.05) is 11.4 Å². The van der Waals surface area contributed by atoms with E-state index in [4.69, 9.17) is 11.6 Å². The van der Waals surface area contributed by atoms with Crippen molar-refractivity contribution >= 4 is 23.2 Å². The Hall–Kier alpha value is -1.87. The number of pyridine rings is 1. The SMILES string of the molecule is CCN(C(=O)c1ccc(Cl)nc1)c1ccccc1C. The molecule has 1 amide bonds. The van der Waals surface area contributed by atoms with Gasteiger partial charge in [-0.25, -0.2) is 4.98 Å². The van der Waals surface area contributed by atoms with Gasteiger partial charge in [0.2, 0.25) is 0 Å². The number of para-hydroxylation sites is 1. The maximum Gasteiger partial charge on any atom is 0.259 e. The maximum atomic E-state index is 12.5. The number of hydrogen-bond acceptors (Lipinski definition) is 2. The first kappa shape index (κ1) is 13.6. The summed E-state index contributed by atoms with van der Waals surface area (Å²) in [6.45, 7) is 4.55. The van der Waals surface area contributed by atoms with Gasteiger partial charge in [0, 0.05) is 18.4 Å². The van der Waals surface area contributed by atoms with Crippen LogP contribution in [0.2, 0.25) is 5.15 Å². The molecule has 19 heavy (non-hydrogen) atoms. The summed E-state index contributed by atoms with van der Waals surface area (Å²) in [4.78, 5) is 18.2. The summed E-state index contributed by atoms with van der Waals surface area (Å²) in [6.07, 6.45) is 1.51. The minimum atomic E-state index is -0.0685. The third kappa shape index (κ3) is 2.93. The summed E-state index contributed by atoms with van der Waals surface area (Å²) < 4.78 is 0. The Bertz CT molecular complexity index is 581. The molecule has 4 heteroatoms. The molecular weight excluding hydrogens is 260 g/mol. The number of halogens is 1. The lowest BCUT2D eigenvalue weighted by Crippen LogP contribution is -2.31. The van der Waals surface area contributed by atoms with E-state index in [9.17, 15) is 4.79 Å². The first-order valence-electron chi connectivity index (χ1n) is 6.12. The van der Waals surface area contributed by atoms with E-state index in [2.05, 4.69) is 4.98 Å². The second-order valence-corrected chi connectivity index (χ2v) is 4.59. The molecule has 0 N–H and O–H groups in total. The molecule has 1 aromatic carbocycles. The van der Waals surface area contributed by atoms with Crippen LogP contribution in [0.4, 0.5) is 5.69 Å². The van der Waals surface area contributed by atoms with Crippen molar-refractivity contribution < 1.29 is 4.79 Å². The van der Waals surface area contributed by atoms with Gasteiger partial charge in [-0.1, -0.05) is 29.8 Å². The molecule has 0 aliphatic rings. The molecule has 0 bridgehead atoms. The molecule has 0 aliphatic carbocycles. The smallest absolute Gasteiger partial charge is 0.259 e. The summed E-state index contributed by atoms with van der Waals surface area (Å²) in [5, 5.41) is 0.385. The zero-order chi connectivity index (χ0) is 13.8. The molecule has 0 fully saturated rings. The van der Waals surface area contributed by atoms with E-state index < -0.39 is 0 Å². The van der Waals surface area contributed by atoms with Crippen LogP contribution in [0.5, 0.6) is 0 Å². The van der Waals surface area contributed by atoms with Crippen molar-refractivity contribution in [3.05, 3.63) is 58.9 Å². The molecular formula is C15H15ClN2O. The highest BCUT2D eigenvalue weighted by atomic mass is 35.5. The van der Waals surface area contributed by atoms with E-state index in [0.29, 0.717) is 17.3 Å². The zero-order valence-electron chi connectivity index (χ0n) is 10.9. The fourth-order valence-electron chi connectivity index (χ4n) is 1.95. The van der Waals surface area contributed by atoms with Gasteiger partial charge in [-0.3, -0.25) is 4.79 Å². The third-order valence-electron chi connectivity index (χ3n) is 2.94. The molecule has 0 saturated heterocycles. The van der Waals surface area contributed by atoms with Gasteiger partial charge < -0.3 is 4.90 Å². The van der Waals surface area contributed by atoms with Gasteiger partial charge >= 0.3 is 0 Å². The Morgan fingerprint density at radius 2 is 2.00 bits per heavy atom. The van der Waals surface area contributed by atoms with Gasteiger partial charge in [0.05, 0.1) is 5.56 Å². The first-order chi connectivity index (χ1) is 9.13. The van der Waals surface area contributed by atoms with E-state index in [1.165, 1.54) is 6.20 Å². The molecule has 2 rings (SSSR count). The van der Waals surface area contributed by atoms with Gasteiger partial charge in [-0.05, 0) is 37.6 Å². The van der Waals surface area contributed by atoms with E-state index in [0.717, 1.165) is 11.3 Å². The highest BCUT2D eigenvalue weighted by Crippen LogP contribution is 2.21. The number of hydrogen-bond donors (Lipinski definition) is 0. The number of carbonyl (C=O) groups is 1. The van der Waals surface area contributed by atoms with Gasteiger partial charge in [0.25, 0.3) is 5.91 Å². The molecule has 1 aromatic heterocycles. The number of rotatable bonds is 3. The van der Waals surface area contributed by atoms with Gasteiger partial charge in [-0.2, -0.15) is 0 Å². The Morgan fingerprint density at radius 1 is 1.26 bits per heavy atom. The van der Waals surface area contributed by atoms with Crippen LogP contribution in [-0.4, -0.2) is 17.4 Å². The predicted molar refractivity (Wildman–Crippen MR) is 77.8 cm³/mol. The summed E-state index contributed by atoms with van der Waals surface area (Å²) in [6, 6.07) is 11.1. The molecule has 2 aromatic rings. The predicted octanol–water partition coefficient (Wildman–Crippen LogP) is 3.71. The molecule has 98 valence electrons. The van der Waals surface area contributed by atoms with Crippen LogP contribution in [-0.2, 0) is 0 Å². The van der Waals surface area contributed by atoms with Crippen LogP contribution in [0.15, 0.2) is 42.6 Å². The molecule has 0 spiro atoms. The van der Waals surface area contributed by atoms with Crippen molar-refractivity contribution in [3.63, 3.8) is 0 Å². The average molecular weight is 275 g/mol. The normalized spacial score (nSPS) is 10.3. The van der Waals surface area contributed by atoms with E-state index in [1.807, 2.05) is 38.1 Å². The number of nitrogens with zero attached hydrogens (tertiary/aromatic N) is 2. The fourth-order valence-corrected chi connectivity index (χ4v) is 2.06. The number of aryl methyl sites for hydroxylation is 1. The summed E-state index contributed by atoms with van der Waals surface area (Å²) in [7, 11) is 0. The number of aromatic nitrogens is 1. The van der Waals surface area contributed by atoms with Crippen molar-refractivity contribution in [1.29, 1.82) is 0 Å². The Labute approximate surface area is 117 Å². The summed E-state index contributed by atoms with van der Waals surface area (Å²) in [5.74, 6) is -0.0685. The van der Waals surface area contributed by atoms with E-state index in [1.54, 1.807) is 17.0 Å². The van der Waals surface area contributed by atoms with Crippen LogP contribution >= 0.6 is 11.6 Å². The number of amides is 1. The Kier molecular flexibility index (Phi) is 4.17. The molecule has 0 saturated carbocycles. The topological polar surface area (TPSA) is 33.2 Å². The monoisotopic (exact) mass is 274 g/mol. The molecule has 3 nitrogen and oxygen atoms in total. The van der Waals surface area contributed by atoms with Crippen molar-refractivity contribution in [3.8, 4) is 0 Å². The van der Waals surface area contributed by atoms with Crippen LogP contribution in [0.3, 0.4) is 0 Å². The largest absolute Gasteiger partial charge is 0.308 e. The lowest BCUT2D eigenvalue weighted by atomic mass is 10.1. The highest BCUT2D eigenvalue weighted by molar-refractivity contribution is 6.29. The van der Waals surface area contributed by atoms with Gasteiger partial charge in [0.1, 0.15) is 5.15 Å². The minimum Gasteiger partial charge on any atom is -0.308 e. The second kappa shape index (κ2) is 5.85. The van der Waals surface area contributed by atoms with Crippen LogP contribution in [0, 0.1) is 6.92 Å². The third-order valence-corrected chi connectivity index (χ3v) is 3.17. The Morgan fingerprint density at radius 3 is 2.58 bits per heavy atom. The molecule has 0 unspecified atom stereocenters. The minimum absolute atomic E-state index is 0.0685. The highest BCUT2D eigenvalue weighted by Gasteiger charge is 2.17. The summed E-state index contributed by atoms with van der Waals surface area (Å²) in [5.41, 5.74) is 2.53. The maximum absolute atomic E-state index is 12.5. The molecule has 0 radical (unpaired) electrons. The van der Waals surface area contributed by atoms with E-state index >= 15 is 0 Å². The van der Waals surface area contributed by atoms with Crippen molar-refractivity contribution in [2.45, 2.75) is 13.8 Å². The van der Waals surface area contributed by atoms with E-state index in [-0.39, 0.29) is 5.91 Å². The molecule has 0 atom stereocenters. The Balaban J connectivity index is 2.35. The lowest BCUT2D eigenvalue weighted by Gasteiger charge is -2.22. The number of anilines is 1. The van der Waals surface area contributed by atoms with Crippen LogP contribution < -0.4 is 4.90 Å². The van der Waals surface area contributed by atoms with Gasteiger partial charge in [-0.15, -0.1) is 0 Å². The summed E-state index contributed by atoms with van der Waals surface area (Å²) >= 11 is 5.74. The number of benzene rings is 1. The lowest BCUT2D eigenvalue weighted by molar-refractivity contribution is 0.0988. The van der Waals surface area contributed by atoms with Gasteiger partial charge in [0.15, 0.2) is 0 Å². The second-order valence-electron chi connectivity index (χ2n) is 4.21. The van der Waals surface area contributed by atoms with Crippen molar-refractivity contribution in [2.24, 2.45) is 0 Å². The molecule has 1 heterocycles. The van der Waals surface area contributed by atoms with Crippen LogP contribution in [0.25, 0.3) is 0 Å². The van der Waals surface area contributed by atoms with Crippen molar-refractivity contribution in [1.82, 2.24) is 4.98 Å².